The molecule has 0 radical (unpaired) electrons. The number of thiocarbonyl (C=S) groups is 1. The first kappa shape index (κ1) is 16.1. The minimum Gasteiger partial charge on any atom is -0.392 e. The molecule has 0 saturated carbocycles. The third-order valence-corrected chi connectivity index (χ3v) is 4.19. The van der Waals surface area contributed by atoms with Crippen LogP contribution in [0.3, 0.4) is 0 Å². The number of nitrogens with two attached hydrogens (primary N) is 1. The van der Waals surface area contributed by atoms with Crippen LogP contribution in [0.25, 0.3) is 0 Å². The maximum absolute atomic E-state index is 13.7. The molecule has 1 fully saturated rings. The minimum atomic E-state index is -1.11. The standard InChI is InChI=1S/C13H13ClF2N2O2S/c14-8-5-7(15)6-9(16)10(8)18-12(19)13(11(17)21)1-3-20-4-2-13/h5-6H,1-4H2,(H2,17,21)(H,18,19). The van der Waals surface area contributed by atoms with E-state index in [-0.39, 0.29) is 15.7 Å². The molecule has 0 aliphatic carbocycles. The summed E-state index contributed by atoms with van der Waals surface area (Å²) < 4.78 is 31.9. The zero-order valence-electron chi connectivity index (χ0n) is 10.9. The summed E-state index contributed by atoms with van der Waals surface area (Å²) in [5.41, 5.74) is 4.29. The van der Waals surface area contributed by atoms with Crippen molar-refractivity contribution in [2.75, 3.05) is 18.5 Å². The van der Waals surface area contributed by atoms with Crippen LogP contribution in [-0.4, -0.2) is 24.1 Å². The fourth-order valence-electron chi connectivity index (χ4n) is 2.20. The summed E-state index contributed by atoms with van der Waals surface area (Å²) in [7, 11) is 0. The van der Waals surface area contributed by atoms with E-state index in [4.69, 9.17) is 34.3 Å². The van der Waals surface area contributed by atoms with Crippen LogP contribution < -0.4 is 11.1 Å². The molecule has 1 aliphatic heterocycles. The fourth-order valence-corrected chi connectivity index (χ4v) is 2.74. The van der Waals surface area contributed by atoms with Crippen molar-refractivity contribution in [1.29, 1.82) is 0 Å². The Hall–Kier alpha value is -1.31. The summed E-state index contributed by atoms with van der Waals surface area (Å²) in [5.74, 6) is -2.35. The number of rotatable bonds is 3. The van der Waals surface area contributed by atoms with Gasteiger partial charge >= 0.3 is 0 Å². The predicted molar refractivity (Wildman–Crippen MR) is 79.3 cm³/mol. The van der Waals surface area contributed by atoms with E-state index in [0.717, 1.165) is 6.07 Å². The highest BCUT2D eigenvalue weighted by molar-refractivity contribution is 7.80. The van der Waals surface area contributed by atoms with Crippen molar-refractivity contribution in [3.63, 3.8) is 0 Å². The Morgan fingerprint density at radius 3 is 2.52 bits per heavy atom. The second-order valence-electron chi connectivity index (χ2n) is 4.76. The monoisotopic (exact) mass is 334 g/mol. The molecule has 0 spiro atoms. The lowest BCUT2D eigenvalue weighted by Crippen LogP contribution is -2.49. The number of hydrogen-bond donors (Lipinski definition) is 2. The van der Waals surface area contributed by atoms with Crippen LogP contribution in [0.1, 0.15) is 12.8 Å². The summed E-state index contributed by atoms with van der Waals surface area (Å²) in [5, 5.41) is 2.13. The lowest BCUT2D eigenvalue weighted by Gasteiger charge is -2.34. The molecule has 1 aliphatic rings. The van der Waals surface area contributed by atoms with Crippen molar-refractivity contribution >= 4 is 40.4 Å². The third kappa shape index (κ3) is 3.14. The molecule has 21 heavy (non-hydrogen) atoms. The maximum Gasteiger partial charge on any atom is 0.237 e. The summed E-state index contributed by atoms with van der Waals surface area (Å²) in [6.07, 6.45) is 0.600. The third-order valence-electron chi connectivity index (χ3n) is 3.50. The molecule has 0 bridgehead atoms. The molecule has 8 heteroatoms. The van der Waals surface area contributed by atoms with E-state index in [1.807, 2.05) is 0 Å². The van der Waals surface area contributed by atoms with Gasteiger partial charge < -0.3 is 15.8 Å². The fraction of sp³-hybridized carbons (Fsp3) is 0.385. The van der Waals surface area contributed by atoms with E-state index in [2.05, 4.69) is 5.32 Å². The first-order chi connectivity index (χ1) is 9.86. The van der Waals surface area contributed by atoms with Gasteiger partial charge in [0.05, 0.1) is 15.7 Å². The van der Waals surface area contributed by atoms with Gasteiger partial charge in [-0.3, -0.25) is 4.79 Å². The Bertz CT molecular complexity index is 569. The second-order valence-corrected chi connectivity index (χ2v) is 5.60. The largest absolute Gasteiger partial charge is 0.392 e. The smallest absolute Gasteiger partial charge is 0.237 e. The molecule has 0 atom stereocenters. The maximum atomic E-state index is 13.7. The summed E-state index contributed by atoms with van der Waals surface area (Å²) in [4.78, 5) is 12.5. The number of nitrogens with one attached hydrogen (secondary N) is 1. The molecule has 4 nitrogen and oxygen atoms in total. The van der Waals surface area contributed by atoms with Crippen molar-refractivity contribution in [1.82, 2.24) is 0 Å². The van der Waals surface area contributed by atoms with Gasteiger partial charge in [0.25, 0.3) is 0 Å². The highest BCUT2D eigenvalue weighted by Crippen LogP contribution is 2.34. The van der Waals surface area contributed by atoms with Crippen LogP contribution in [0.5, 0.6) is 0 Å². The quantitative estimate of drug-likeness (QED) is 0.834. The molecule has 0 unspecified atom stereocenters. The Kier molecular flexibility index (Phi) is 4.75. The lowest BCUT2D eigenvalue weighted by atomic mass is 9.79. The van der Waals surface area contributed by atoms with Crippen LogP contribution in [0.2, 0.25) is 5.02 Å². The van der Waals surface area contributed by atoms with E-state index in [9.17, 15) is 13.6 Å². The Morgan fingerprint density at radius 2 is 2.00 bits per heavy atom. The van der Waals surface area contributed by atoms with Crippen LogP contribution in [0.4, 0.5) is 14.5 Å². The molecule has 1 aromatic carbocycles. The SMILES string of the molecule is NC(=S)C1(C(=O)Nc2c(F)cc(F)cc2Cl)CCOCC1. The molecule has 1 aromatic rings. The summed E-state index contributed by atoms with van der Waals surface area (Å²) in [6.45, 7) is 0.648. The van der Waals surface area contributed by atoms with Gasteiger partial charge in [-0.2, -0.15) is 0 Å². The molecule has 1 amide bonds. The zero-order chi connectivity index (χ0) is 15.6. The number of benzene rings is 1. The molecular formula is C13H13ClF2N2O2S. The average molecular weight is 335 g/mol. The molecule has 0 aromatic heterocycles. The van der Waals surface area contributed by atoms with Gasteiger partial charge in [-0.1, -0.05) is 23.8 Å². The highest BCUT2D eigenvalue weighted by Gasteiger charge is 2.43. The lowest BCUT2D eigenvalue weighted by molar-refractivity contribution is -0.126. The predicted octanol–water partition coefficient (Wildman–Crippen LogP) is 2.64. The number of ether oxygens (including phenoxy) is 1. The van der Waals surface area contributed by atoms with Gasteiger partial charge in [0.1, 0.15) is 11.2 Å². The molecule has 114 valence electrons. The van der Waals surface area contributed by atoms with E-state index >= 15 is 0 Å². The second kappa shape index (κ2) is 6.21. The Labute approximate surface area is 130 Å². The van der Waals surface area contributed by atoms with E-state index in [1.165, 1.54) is 0 Å². The topological polar surface area (TPSA) is 64.4 Å². The number of anilines is 1. The number of carbonyl (C=O) groups is 1. The van der Waals surface area contributed by atoms with Crippen molar-refractivity contribution < 1.29 is 18.3 Å². The Balaban J connectivity index is 2.30. The van der Waals surface area contributed by atoms with Crippen molar-refractivity contribution in [3.8, 4) is 0 Å². The average Bonchev–Trinajstić information content (AvgIpc) is 2.43. The molecule has 3 N–H and O–H groups in total. The van der Waals surface area contributed by atoms with Crippen LogP contribution in [0.15, 0.2) is 12.1 Å². The van der Waals surface area contributed by atoms with E-state index < -0.39 is 23.0 Å². The minimum absolute atomic E-state index is 0.0157. The van der Waals surface area contributed by atoms with Gasteiger partial charge in [-0.25, -0.2) is 8.78 Å². The molecule has 1 saturated heterocycles. The zero-order valence-corrected chi connectivity index (χ0v) is 12.5. The first-order valence-corrected chi connectivity index (χ1v) is 6.99. The number of carbonyl (C=O) groups excluding carboxylic acids is 1. The van der Waals surface area contributed by atoms with Crippen LogP contribution in [0, 0.1) is 17.0 Å². The molecular weight excluding hydrogens is 322 g/mol. The number of hydrogen-bond acceptors (Lipinski definition) is 3. The van der Waals surface area contributed by atoms with Crippen molar-refractivity contribution in [2.45, 2.75) is 12.8 Å². The van der Waals surface area contributed by atoms with Crippen molar-refractivity contribution in [2.24, 2.45) is 11.1 Å². The number of amides is 1. The van der Waals surface area contributed by atoms with Gasteiger partial charge in [0.2, 0.25) is 5.91 Å². The van der Waals surface area contributed by atoms with Gasteiger partial charge in [0, 0.05) is 19.3 Å². The summed E-state index contributed by atoms with van der Waals surface area (Å²) >= 11 is 10.7. The van der Waals surface area contributed by atoms with E-state index in [0.29, 0.717) is 32.1 Å². The van der Waals surface area contributed by atoms with Crippen LogP contribution in [-0.2, 0) is 9.53 Å². The molecule has 1 heterocycles. The normalized spacial score (nSPS) is 17.3. The van der Waals surface area contributed by atoms with Crippen molar-refractivity contribution in [3.05, 3.63) is 28.8 Å². The highest BCUT2D eigenvalue weighted by atomic mass is 35.5. The number of halogens is 3. The van der Waals surface area contributed by atoms with Crippen LogP contribution >= 0.6 is 23.8 Å². The molecule has 2 rings (SSSR count). The first-order valence-electron chi connectivity index (χ1n) is 6.20. The van der Waals surface area contributed by atoms with Gasteiger partial charge in [0.15, 0.2) is 5.82 Å². The van der Waals surface area contributed by atoms with E-state index in [1.54, 1.807) is 0 Å². The van der Waals surface area contributed by atoms with Gasteiger partial charge in [-0.05, 0) is 18.9 Å². The van der Waals surface area contributed by atoms with Gasteiger partial charge in [-0.15, -0.1) is 0 Å². The Morgan fingerprint density at radius 1 is 1.38 bits per heavy atom. The summed E-state index contributed by atoms with van der Waals surface area (Å²) in [6, 6.07) is 1.55.